The summed E-state index contributed by atoms with van der Waals surface area (Å²) < 4.78 is 16.1. The Morgan fingerprint density at radius 2 is 1.89 bits per heavy atom. The maximum absolute atomic E-state index is 14.2. The van der Waals surface area contributed by atoms with Crippen LogP contribution in [0.5, 0.6) is 0 Å². The number of nitrogens with zero attached hydrogens (tertiary/aromatic N) is 3. The highest BCUT2D eigenvalue weighted by atomic mass is 19.1. The average molecular weight is 257 g/mol. The van der Waals surface area contributed by atoms with Crippen LogP contribution in [-0.4, -0.2) is 20.2 Å². The van der Waals surface area contributed by atoms with Crippen LogP contribution in [0.2, 0.25) is 0 Å². The number of para-hydroxylation sites is 1. The Bertz CT molecular complexity index is 740. The molecule has 0 aliphatic heterocycles. The van der Waals surface area contributed by atoms with Crippen LogP contribution in [-0.2, 0) is 0 Å². The lowest BCUT2D eigenvalue weighted by molar-refractivity contribution is 0.143. The van der Waals surface area contributed by atoms with Gasteiger partial charge >= 0.3 is 0 Å². The number of hydrogen-bond acceptors (Lipinski definition) is 2. The second kappa shape index (κ2) is 4.02. The van der Waals surface area contributed by atoms with Gasteiger partial charge in [0.05, 0.1) is 29.6 Å². The molecule has 2 heterocycles. The van der Waals surface area contributed by atoms with Crippen molar-refractivity contribution in [2.24, 2.45) is 0 Å². The second-order valence-corrected chi connectivity index (χ2v) is 5.40. The van der Waals surface area contributed by atoms with Crippen LogP contribution in [0.1, 0.15) is 26.8 Å². The fourth-order valence-electron chi connectivity index (χ4n) is 2.29. The third-order valence-corrected chi connectivity index (χ3v) is 3.72. The molecule has 0 aliphatic rings. The van der Waals surface area contributed by atoms with E-state index in [4.69, 9.17) is 0 Å². The molecule has 2 aromatic heterocycles. The predicted molar refractivity (Wildman–Crippen MR) is 74.9 cm³/mol. The molecule has 0 bridgehead atoms. The van der Waals surface area contributed by atoms with Crippen LogP contribution in [0.25, 0.3) is 21.9 Å². The molecular weight excluding hydrogens is 241 g/mol. The zero-order valence-electron chi connectivity index (χ0n) is 11.3. The van der Waals surface area contributed by atoms with Gasteiger partial charge in [0.1, 0.15) is 11.2 Å². The van der Waals surface area contributed by atoms with Gasteiger partial charge in [-0.1, -0.05) is 18.2 Å². The molecule has 0 saturated heterocycles. The van der Waals surface area contributed by atoms with Gasteiger partial charge in [-0.25, -0.2) is 9.37 Å². The lowest BCUT2D eigenvalue weighted by Crippen LogP contribution is -2.26. The van der Waals surface area contributed by atoms with E-state index in [1.54, 1.807) is 26.4 Å². The van der Waals surface area contributed by atoms with Gasteiger partial charge in [-0.2, -0.15) is 0 Å². The first-order valence-corrected chi connectivity index (χ1v) is 6.37. The van der Waals surface area contributed by atoms with Gasteiger partial charge in [0.15, 0.2) is 0 Å². The van der Waals surface area contributed by atoms with Gasteiger partial charge in [-0.05, 0) is 26.8 Å². The highest BCUT2D eigenvalue weighted by molar-refractivity contribution is 6.01. The lowest BCUT2D eigenvalue weighted by atomic mass is 10.0. The maximum atomic E-state index is 14.2. The minimum atomic E-state index is -1.31. The molecule has 0 unspecified atom stereocenters. The second-order valence-electron chi connectivity index (χ2n) is 5.40. The van der Waals surface area contributed by atoms with Crippen molar-refractivity contribution in [2.75, 3.05) is 0 Å². The third-order valence-electron chi connectivity index (χ3n) is 3.72. The van der Waals surface area contributed by atoms with Crippen LogP contribution in [0.4, 0.5) is 4.39 Å². The summed E-state index contributed by atoms with van der Waals surface area (Å²) >= 11 is 0. The quantitative estimate of drug-likeness (QED) is 0.697. The number of aromatic nitrogens is 3. The Morgan fingerprint density at radius 3 is 2.63 bits per heavy atom. The SMILES string of the molecule is C[C@@H](n1cnc2cnc3ccccc3c21)C(C)(C)F. The molecule has 3 nitrogen and oxygen atoms in total. The third kappa shape index (κ3) is 1.87. The van der Waals surface area contributed by atoms with Crippen molar-refractivity contribution in [2.45, 2.75) is 32.5 Å². The van der Waals surface area contributed by atoms with Crippen molar-refractivity contribution < 1.29 is 4.39 Å². The molecule has 1 aromatic carbocycles. The zero-order valence-corrected chi connectivity index (χ0v) is 11.3. The Kier molecular flexibility index (Phi) is 2.55. The minimum Gasteiger partial charge on any atom is -0.324 e. The topological polar surface area (TPSA) is 30.7 Å². The fraction of sp³-hybridized carbons (Fsp3) is 0.333. The number of benzene rings is 1. The van der Waals surface area contributed by atoms with Gasteiger partial charge in [0.25, 0.3) is 0 Å². The molecule has 0 fully saturated rings. The van der Waals surface area contributed by atoms with E-state index >= 15 is 0 Å². The molecular formula is C15H16FN3. The molecule has 0 saturated carbocycles. The van der Waals surface area contributed by atoms with Crippen molar-refractivity contribution in [1.82, 2.24) is 14.5 Å². The van der Waals surface area contributed by atoms with Crippen LogP contribution in [0, 0.1) is 0 Å². The number of rotatable bonds is 2. The molecule has 98 valence electrons. The van der Waals surface area contributed by atoms with Crippen LogP contribution in [0.3, 0.4) is 0 Å². The van der Waals surface area contributed by atoms with Crippen molar-refractivity contribution in [3.05, 3.63) is 36.8 Å². The summed E-state index contributed by atoms with van der Waals surface area (Å²) in [5.41, 5.74) is 1.34. The summed E-state index contributed by atoms with van der Waals surface area (Å²) in [6.45, 7) is 5.05. The largest absolute Gasteiger partial charge is 0.324 e. The van der Waals surface area contributed by atoms with Crippen LogP contribution in [0.15, 0.2) is 36.8 Å². The number of fused-ring (bicyclic) bond motifs is 3. The number of halogens is 1. The average Bonchev–Trinajstić information content (AvgIpc) is 2.80. The van der Waals surface area contributed by atoms with Gasteiger partial charge in [-0.3, -0.25) is 4.98 Å². The minimum absolute atomic E-state index is 0.289. The van der Waals surface area contributed by atoms with E-state index in [2.05, 4.69) is 9.97 Å². The van der Waals surface area contributed by atoms with E-state index in [0.29, 0.717) is 0 Å². The molecule has 0 aliphatic carbocycles. The van der Waals surface area contributed by atoms with E-state index in [1.807, 2.05) is 35.8 Å². The summed E-state index contributed by atoms with van der Waals surface area (Å²) in [6.07, 6.45) is 3.44. The van der Waals surface area contributed by atoms with Crippen molar-refractivity contribution in [3.8, 4) is 0 Å². The van der Waals surface area contributed by atoms with Crippen LogP contribution < -0.4 is 0 Å². The number of imidazole rings is 1. The zero-order chi connectivity index (χ0) is 13.6. The lowest BCUT2D eigenvalue weighted by Gasteiger charge is -2.25. The first kappa shape index (κ1) is 12.1. The van der Waals surface area contributed by atoms with E-state index < -0.39 is 5.67 Å². The summed E-state index contributed by atoms with van der Waals surface area (Å²) in [5, 5.41) is 1.01. The molecule has 0 amide bonds. The van der Waals surface area contributed by atoms with E-state index in [9.17, 15) is 4.39 Å². The van der Waals surface area contributed by atoms with Gasteiger partial charge in [0, 0.05) is 5.39 Å². The van der Waals surface area contributed by atoms with Gasteiger partial charge in [0.2, 0.25) is 0 Å². The van der Waals surface area contributed by atoms with Crippen LogP contribution >= 0.6 is 0 Å². The van der Waals surface area contributed by atoms with E-state index in [1.165, 1.54) is 0 Å². The predicted octanol–water partition coefficient (Wildman–Crippen LogP) is 3.89. The highest BCUT2D eigenvalue weighted by Crippen LogP contribution is 2.31. The van der Waals surface area contributed by atoms with Gasteiger partial charge < -0.3 is 4.57 Å². The summed E-state index contributed by atoms with van der Waals surface area (Å²) in [5.74, 6) is 0. The summed E-state index contributed by atoms with van der Waals surface area (Å²) in [6, 6.07) is 7.58. The van der Waals surface area contributed by atoms with E-state index in [-0.39, 0.29) is 6.04 Å². The Balaban J connectivity index is 2.35. The molecule has 0 N–H and O–H groups in total. The fourth-order valence-corrected chi connectivity index (χ4v) is 2.29. The van der Waals surface area contributed by atoms with Crippen molar-refractivity contribution in [1.29, 1.82) is 0 Å². The molecule has 0 spiro atoms. The molecule has 4 heteroatoms. The smallest absolute Gasteiger partial charge is 0.125 e. The number of pyridine rings is 1. The summed E-state index contributed by atoms with van der Waals surface area (Å²) in [4.78, 5) is 8.71. The molecule has 3 aromatic rings. The Hall–Kier alpha value is -1.97. The highest BCUT2D eigenvalue weighted by Gasteiger charge is 2.28. The monoisotopic (exact) mass is 257 g/mol. The molecule has 0 radical (unpaired) electrons. The summed E-state index contributed by atoms with van der Waals surface area (Å²) in [7, 11) is 0. The first-order valence-electron chi connectivity index (χ1n) is 6.37. The normalized spacial score (nSPS) is 14.1. The van der Waals surface area contributed by atoms with Gasteiger partial charge in [-0.15, -0.1) is 0 Å². The van der Waals surface area contributed by atoms with Crippen molar-refractivity contribution >= 4 is 21.9 Å². The molecule has 1 atom stereocenters. The molecule has 19 heavy (non-hydrogen) atoms. The number of hydrogen-bond donors (Lipinski definition) is 0. The maximum Gasteiger partial charge on any atom is 0.125 e. The van der Waals surface area contributed by atoms with E-state index in [0.717, 1.165) is 21.9 Å². The standard InChI is InChI=1S/C15H16FN3/c1-10(15(2,3)16)19-9-18-13-8-17-12-7-5-4-6-11(12)14(13)19/h4-10H,1-3H3/t10-/m1/s1. The molecule has 3 rings (SSSR count). The first-order chi connectivity index (χ1) is 8.98. The number of alkyl halides is 1. The Morgan fingerprint density at radius 1 is 1.16 bits per heavy atom. The van der Waals surface area contributed by atoms with Crippen molar-refractivity contribution in [3.63, 3.8) is 0 Å². The Labute approximate surface area is 111 Å².